The van der Waals surface area contributed by atoms with E-state index in [0.717, 1.165) is 3.57 Å². The van der Waals surface area contributed by atoms with Crippen molar-refractivity contribution in [2.24, 2.45) is 0 Å². The second kappa shape index (κ2) is 5.79. The van der Waals surface area contributed by atoms with Crippen LogP contribution in [0.1, 0.15) is 34.1 Å². The SMILES string of the molecule is C[C@@H]1CC(=O)c2cc(F)ccc2N1C(=O)c1ccc(I)cc1. The van der Waals surface area contributed by atoms with Crippen LogP contribution in [-0.4, -0.2) is 17.7 Å². The molecule has 2 aromatic carbocycles. The minimum atomic E-state index is -0.469. The molecule has 0 spiro atoms. The lowest BCUT2D eigenvalue weighted by Gasteiger charge is -2.34. The quantitative estimate of drug-likeness (QED) is 0.667. The second-order valence-electron chi connectivity index (χ2n) is 5.32. The van der Waals surface area contributed by atoms with Crippen molar-refractivity contribution in [2.45, 2.75) is 19.4 Å². The highest BCUT2D eigenvalue weighted by Crippen LogP contribution is 2.32. The van der Waals surface area contributed by atoms with Gasteiger partial charge in [0.15, 0.2) is 5.78 Å². The number of amides is 1. The van der Waals surface area contributed by atoms with E-state index in [9.17, 15) is 14.0 Å². The number of benzene rings is 2. The third kappa shape index (κ3) is 2.65. The Morgan fingerprint density at radius 1 is 1.23 bits per heavy atom. The standard InChI is InChI=1S/C17H13FINO2/c1-10-8-16(21)14-9-12(18)4-7-15(14)20(10)17(22)11-2-5-13(19)6-3-11/h2-7,9-10H,8H2,1H3/t10-/m1/s1. The van der Waals surface area contributed by atoms with Crippen LogP contribution in [0.25, 0.3) is 0 Å². The molecule has 1 atom stereocenters. The average Bonchev–Trinajstić information content (AvgIpc) is 2.48. The summed E-state index contributed by atoms with van der Waals surface area (Å²) in [7, 11) is 0. The van der Waals surface area contributed by atoms with Gasteiger partial charge in [-0.05, 0) is 72.0 Å². The van der Waals surface area contributed by atoms with Gasteiger partial charge in [0.2, 0.25) is 0 Å². The first-order chi connectivity index (χ1) is 10.5. The first-order valence-corrected chi connectivity index (χ1v) is 7.97. The molecule has 3 nitrogen and oxygen atoms in total. The molecule has 2 aromatic rings. The van der Waals surface area contributed by atoms with Gasteiger partial charge in [0.1, 0.15) is 5.82 Å². The number of ketones is 1. The number of rotatable bonds is 1. The number of hydrogen-bond donors (Lipinski definition) is 0. The van der Waals surface area contributed by atoms with Crippen molar-refractivity contribution in [3.63, 3.8) is 0 Å². The summed E-state index contributed by atoms with van der Waals surface area (Å²) in [5, 5.41) is 0. The summed E-state index contributed by atoms with van der Waals surface area (Å²) in [4.78, 5) is 26.5. The fourth-order valence-corrected chi connectivity index (χ4v) is 3.05. The number of halogens is 2. The Bertz CT molecular complexity index is 758. The molecule has 0 N–H and O–H groups in total. The van der Waals surface area contributed by atoms with Crippen molar-refractivity contribution in [3.8, 4) is 0 Å². The molecule has 5 heteroatoms. The van der Waals surface area contributed by atoms with Crippen LogP contribution in [-0.2, 0) is 0 Å². The van der Waals surface area contributed by atoms with Crippen LogP contribution in [0.3, 0.4) is 0 Å². The molecule has 3 rings (SSSR count). The Balaban J connectivity index is 2.06. The smallest absolute Gasteiger partial charge is 0.258 e. The van der Waals surface area contributed by atoms with Gasteiger partial charge in [-0.3, -0.25) is 9.59 Å². The molecule has 0 radical (unpaired) electrons. The lowest BCUT2D eigenvalue weighted by atomic mass is 9.94. The van der Waals surface area contributed by atoms with Crippen molar-refractivity contribution < 1.29 is 14.0 Å². The van der Waals surface area contributed by atoms with Crippen LogP contribution < -0.4 is 4.90 Å². The van der Waals surface area contributed by atoms with E-state index in [2.05, 4.69) is 22.6 Å². The zero-order valence-electron chi connectivity index (χ0n) is 11.8. The molecule has 0 aromatic heterocycles. The van der Waals surface area contributed by atoms with Crippen molar-refractivity contribution >= 4 is 40.0 Å². The lowest BCUT2D eigenvalue weighted by molar-refractivity contribution is 0.0936. The molecule has 0 saturated carbocycles. The molecular weight excluding hydrogens is 396 g/mol. The number of nitrogens with zero attached hydrogens (tertiary/aromatic N) is 1. The molecule has 0 saturated heterocycles. The molecule has 0 bridgehead atoms. The monoisotopic (exact) mass is 409 g/mol. The molecule has 1 amide bonds. The van der Waals surface area contributed by atoms with Crippen molar-refractivity contribution in [3.05, 3.63) is 63.0 Å². The zero-order chi connectivity index (χ0) is 15.9. The van der Waals surface area contributed by atoms with Crippen molar-refractivity contribution in [2.75, 3.05) is 4.90 Å². The number of hydrogen-bond acceptors (Lipinski definition) is 2. The number of fused-ring (bicyclic) bond motifs is 1. The molecule has 1 aliphatic heterocycles. The fourth-order valence-electron chi connectivity index (χ4n) is 2.69. The maximum Gasteiger partial charge on any atom is 0.258 e. The van der Waals surface area contributed by atoms with Crippen LogP contribution in [0.4, 0.5) is 10.1 Å². The number of carbonyl (C=O) groups excluding carboxylic acids is 2. The van der Waals surface area contributed by atoms with E-state index in [1.54, 1.807) is 17.0 Å². The molecule has 112 valence electrons. The molecule has 22 heavy (non-hydrogen) atoms. The minimum absolute atomic E-state index is 0.131. The van der Waals surface area contributed by atoms with E-state index in [1.807, 2.05) is 19.1 Å². The van der Waals surface area contributed by atoms with Gasteiger partial charge in [-0.2, -0.15) is 0 Å². The van der Waals surface area contributed by atoms with Crippen molar-refractivity contribution in [1.82, 2.24) is 0 Å². The van der Waals surface area contributed by atoms with Crippen LogP contribution in [0.15, 0.2) is 42.5 Å². The van der Waals surface area contributed by atoms with E-state index in [4.69, 9.17) is 0 Å². The first kappa shape index (κ1) is 15.1. The van der Waals surface area contributed by atoms with Gasteiger partial charge in [0.05, 0.1) is 5.69 Å². The molecule has 1 heterocycles. The summed E-state index contributed by atoms with van der Waals surface area (Å²) in [5.41, 5.74) is 1.31. The highest BCUT2D eigenvalue weighted by atomic mass is 127. The van der Waals surface area contributed by atoms with E-state index in [0.29, 0.717) is 11.3 Å². The predicted octanol–water partition coefficient (Wildman–Crippen LogP) is 4.05. The average molecular weight is 409 g/mol. The van der Waals surface area contributed by atoms with Crippen LogP contribution in [0.2, 0.25) is 0 Å². The summed E-state index contributed by atoms with van der Waals surface area (Å²) in [6.45, 7) is 1.83. The van der Waals surface area contributed by atoms with Crippen LogP contribution in [0, 0.1) is 9.39 Å². The Kier molecular flexibility index (Phi) is 3.99. The number of Topliss-reactive ketones (excluding diaryl/α,β-unsaturated/α-hetero) is 1. The first-order valence-electron chi connectivity index (χ1n) is 6.89. The molecule has 1 aliphatic rings. The number of carbonyl (C=O) groups is 2. The maximum absolute atomic E-state index is 13.4. The van der Waals surface area contributed by atoms with E-state index < -0.39 is 5.82 Å². The zero-order valence-corrected chi connectivity index (χ0v) is 14.0. The third-order valence-corrected chi connectivity index (χ3v) is 4.47. The van der Waals surface area contributed by atoms with Gasteiger partial charge in [-0.1, -0.05) is 0 Å². The predicted molar refractivity (Wildman–Crippen MR) is 90.8 cm³/mol. The van der Waals surface area contributed by atoms with Crippen molar-refractivity contribution in [1.29, 1.82) is 0 Å². The molecule has 0 unspecified atom stereocenters. The van der Waals surface area contributed by atoms with Gasteiger partial charge < -0.3 is 4.90 Å². The molecule has 0 aliphatic carbocycles. The highest BCUT2D eigenvalue weighted by Gasteiger charge is 2.33. The second-order valence-corrected chi connectivity index (χ2v) is 6.57. The van der Waals surface area contributed by atoms with E-state index in [1.165, 1.54) is 18.2 Å². The Morgan fingerprint density at radius 3 is 2.59 bits per heavy atom. The van der Waals surface area contributed by atoms with Crippen LogP contribution >= 0.6 is 22.6 Å². The van der Waals surface area contributed by atoms with Crippen LogP contribution in [0.5, 0.6) is 0 Å². The normalized spacial score (nSPS) is 17.3. The summed E-state index contributed by atoms with van der Waals surface area (Å²) in [5.74, 6) is -0.777. The lowest BCUT2D eigenvalue weighted by Crippen LogP contribution is -2.44. The summed E-state index contributed by atoms with van der Waals surface area (Å²) in [6, 6.07) is 11.0. The topological polar surface area (TPSA) is 37.4 Å². The van der Waals surface area contributed by atoms with Gasteiger partial charge >= 0.3 is 0 Å². The largest absolute Gasteiger partial charge is 0.304 e. The Hall–Kier alpha value is -1.76. The van der Waals surface area contributed by atoms with Gasteiger partial charge in [0.25, 0.3) is 5.91 Å². The molecular formula is C17H13FINO2. The highest BCUT2D eigenvalue weighted by molar-refractivity contribution is 14.1. The van der Waals surface area contributed by atoms with Gasteiger partial charge in [-0.25, -0.2) is 4.39 Å². The third-order valence-electron chi connectivity index (χ3n) is 3.75. The summed E-state index contributed by atoms with van der Waals surface area (Å²) < 4.78 is 14.4. The van der Waals surface area contributed by atoms with Gasteiger partial charge in [-0.15, -0.1) is 0 Å². The summed E-state index contributed by atoms with van der Waals surface area (Å²) >= 11 is 2.17. The van der Waals surface area contributed by atoms with E-state index in [-0.39, 0.29) is 29.7 Å². The van der Waals surface area contributed by atoms with Gasteiger partial charge in [0, 0.05) is 27.2 Å². The summed E-state index contributed by atoms with van der Waals surface area (Å²) in [6.07, 6.45) is 0.201. The molecule has 0 fully saturated rings. The maximum atomic E-state index is 13.4. The Labute approximate surface area is 141 Å². The fraction of sp³-hybridized carbons (Fsp3) is 0.176. The minimum Gasteiger partial charge on any atom is -0.304 e. The number of anilines is 1. The van der Waals surface area contributed by atoms with E-state index >= 15 is 0 Å². The Morgan fingerprint density at radius 2 is 1.91 bits per heavy atom.